The van der Waals surface area contributed by atoms with Gasteiger partial charge in [-0.05, 0) is 25.0 Å². The van der Waals surface area contributed by atoms with Crippen LogP contribution in [0.5, 0.6) is 0 Å². The lowest BCUT2D eigenvalue weighted by molar-refractivity contribution is 0.116. The molecule has 0 radical (unpaired) electrons. The SMILES string of the molecule is OCCN(Cc1csc(-c2ccco2)n1)C1CCCCC1. The summed E-state index contributed by atoms with van der Waals surface area (Å²) in [7, 11) is 0. The van der Waals surface area contributed by atoms with Gasteiger partial charge in [-0.3, -0.25) is 4.90 Å². The summed E-state index contributed by atoms with van der Waals surface area (Å²) in [6, 6.07) is 4.42. The van der Waals surface area contributed by atoms with Gasteiger partial charge in [0.1, 0.15) is 0 Å². The quantitative estimate of drug-likeness (QED) is 0.887. The monoisotopic (exact) mass is 306 g/mol. The molecule has 0 aromatic carbocycles. The average molecular weight is 306 g/mol. The number of aromatic nitrogens is 1. The molecule has 2 aromatic heterocycles. The minimum absolute atomic E-state index is 0.214. The molecule has 1 fully saturated rings. The van der Waals surface area contributed by atoms with Crippen molar-refractivity contribution in [2.75, 3.05) is 13.2 Å². The Labute approximate surface area is 129 Å². The fourth-order valence-electron chi connectivity index (χ4n) is 3.07. The Balaban J connectivity index is 1.67. The summed E-state index contributed by atoms with van der Waals surface area (Å²) >= 11 is 1.62. The molecule has 21 heavy (non-hydrogen) atoms. The molecule has 0 spiro atoms. The van der Waals surface area contributed by atoms with Gasteiger partial charge in [-0.2, -0.15) is 0 Å². The van der Waals surface area contributed by atoms with Gasteiger partial charge in [0.25, 0.3) is 0 Å². The molecular weight excluding hydrogens is 284 g/mol. The summed E-state index contributed by atoms with van der Waals surface area (Å²) < 4.78 is 5.40. The summed E-state index contributed by atoms with van der Waals surface area (Å²) in [5.41, 5.74) is 1.07. The van der Waals surface area contributed by atoms with E-state index < -0.39 is 0 Å². The van der Waals surface area contributed by atoms with Crippen LogP contribution in [0.3, 0.4) is 0 Å². The van der Waals surface area contributed by atoms with Gasteiger partial charge < -0.3 is 9.52 Å². The van der Waals surface area contributed by atoms with Crippen LogP contribution >= 0.6 is 11.3 Å². The summed E-state index contributed by atoms with van der Waals surface area (Å²) in [5, 5.41) is 12.4. The Morgan fingerprint density at radius 3 is 2.90 bits per heavy atom. The molecular formula is C16H22N2O2S. The molecule has 0 unspecified atom stereocenters. The van der Waals surface area contributed by atoms with Crippen LogP contribution in [0.4, 0.5) is 0 Å². The first-order chi connectivity index (χ1) is 10.4. The highest BCUT2D eigenvalue weighted by Crippen LogP contribution is 2.27. The maximum Gasteiger partial charge on any atom is 0.162 e. The number of aliphatic hydroxyl groups excluding tert-OH is 1. The molecule has 0 aliphatic heterocycles. The Morgan fingerprint density at radius 1 is 1.33 bits per heavy atom. The van der Waals surface area contributed by atoms with Crippen LogP contribution in [0.2, 0.25) is 0 Å². The van der Waals surface area contributed by atoms with Crippen molar-refractivity contribution in [3.05, 3.63) is 29.5 Å². The molecule has 0 saturated heterocycles. The van der Waals surface area contributed by atoms with E-state index in [4.69, 9.17) is 4.42 Å². The molecule has 1 saturated carbocycles. The second-order valence-corrected chi connectivity index (χ2v) is 6.47. The minimum atomic E-state index is 0.214. The van der Waals surface area contributed by atoms with E-state index in [9.17, 15) is 5.11 Å². The zero-order chi connectivity index (χ0) is 14.5. The number of aliphatic hydroxyl groups is 1. The average Bonchev–Trinajstić information content (AvgIpc) is 3.19. The zero-order valence-electron chi connectivity index (χ0n) is 12.2. The normalized spacial score (nSPS) is 16.7. The molecule has 1 aliphatic carbocycles. The summed E-state index contributed by atoms with van der Waals surface area (Å²) in [5.74, 6) is 0.831. The van der Waals surface area contributed by atoms with E-state index in [2.05, 4.69) is 15.3 Å². The highest BCUT2D eigenvalue weighted by Gasteiger charge is 2.21. The van der Waals surface area contributed by atoms with Crippen LogP contribution in [0.15, 0.2) is 28.2 Å². The molecule has 0 atom stereocenters. The number of rotatable bonds is 6. The van der Waals surface area contributed by atoms with E-state index in [1.807, 2.05) is 12.1 Å². The fraction of sp³-hybridized carbons (Fsp3) is 0.562. The lowest BCUT2D eigenvalue weighted by Crippen LogP contribution is -2.38. The van der Waals surface area contributed by atoms with E-state index >= 15 is 0 Å². The van der Waals surface area contributed by atoms with Crippen LogP contribution in [0.1, 0.15) is 37.8 Å². The van der Waals surface area contributed by atoms with Crippen molar-refractivity contribution < 1.29 is 9.52 Å². The third-order valence-corrected chi connectivity index (χ3v) is 5.03. The second-order valence-electron chi connectivity index (χ2n) is 5.61. The van der Waals surface area contributed by atoms with Gasteiger partial charge in [0.05, 0.1) is 18.6 Å². The highest BCUT2D eigenvalue weighted by molar-refractivity contribution is 7.13. The van der Waals surface area contributed by atoms with Gasteiger partial charge in [-0.25, -0.2) is 4.98 Å². The fourth-order valence-corrected chi connectivity index (χ4v) is 3.84. The first kappa shape index (κ1) is 14.8. The number of thiazole rings is 1. The summed E-state index contributed by atoms with van der Waals surface area (Å²) in [6.07, 6.45) is 8.13. The van der Waals surface area contributed by atoms with Crippen molar-refractivity contribution in [1.29, 1.82) is 0 Å². The number of nitrogens with zero attached hydrogens (tertiary/aromatic N) is 2. The van der Waals surface area contributed by atoms with E-state index in [0.717, 1.165) is 29.6 Å². The van der Waals surface area contributed by atoms with Gasteiger partial charge in [0.15, 0.2) is 10.8 Å². The number of hydrogen-bond acceptors (Lipinski definition) is 5. The first-order valence-corrected chi connectivity index (χ1v) is 8.58. The molecule has 2 aromatic rings. The Bertz CT molecular complexity index is 532. The van der Waals surface area contributed by atoms with E-state index in [1.54, 1.807) is 17.6 Å². The Kier molecular flexibility index (Phi) is 5.06. The smallest absolute Gasteiger partial charge is 0.162 e. The summed E-state index contributed by atoms with van der Waals surface area (Å²) in [6.45, 7) is 1.77. The van der Waals surface area contributed by atoms with Crippen LogP contribution in [-0.2, 0) is 6.54 Å². The second kappa shape index (κ2) is 7.20. The van der Waals surface area contributed by atoms with Gasteiger partial charge in [-0.15, -0.1) is 11.3 Å². The van der Waals surface area contributed by atoms with Crippen LogP contribution in [-0.4, -0.2) is 34.2 Å². The molecule has 3 rings (SSSR count). The van der Waals surface area contributed by atoms with Crippen molar-refractivity contribution in [3.63, 3.8) is 0 Å². The maximum absolute atomic E-state index is 9.33. The Morgan fingerprint density at radius 2 is 2.19 bits per heavy atom. The van der Waals surface area contributed by atoms with Crippen LogP contribution in [0.25, 0.3) is 10.8 Å². The van der Waals surface area contributed by atoms with Gasteiger partial charge in [-0.1, -0.05) is 19.3 Å². The number of hydrogen-bond donors (Lipinski definition) is 1. The third-order valence-electron chi connectivity index (χ3n) is 4.13. The van der Waals surface area contributed by atoms with Crippen molar-refractivity contribution in [2.24, 2.45) is 0 Å². The first-order valence-electron chi connectivity index (χ1n) is 7.70. The van der Waals surface area contributed by atoms with Gasteiger partial charge in [0, 0.05) is 24.5 Å². The van der Waals surface area contributed by atoms with Crippen molar-refractivity contribution in [2.45, 2.75) is 44.7 Å². The predicted octanol–water partition coefficient (Wildman–Crippen LogP) is 3.53. The van der Waals surface area contributed by atoms with E-state index in [0.29, 0.717) is 6.04 Å². The van der Waals surface area contributed by atoms with Crippen molar-refractivity contribution in [1.82, 2.24) is 9.88 Å². The number of furan rings is 1. The van der Waals surface area contributed by atoms with Crippen LogP contribution < -0.4 is 0 Å². The largest absolute Gasteiger partial charge is 0.462 e. The lowest BCUT2D eigenvalue weighted by atomic mass is 9.94. The van der Waals surface area contributed by atoms with Gasteiger partial charge in [0.2, 0.25) is 0 Å². The molecule has 5 heteroatoms. The summed E-state index contributed by atoms with van der Waals surface area (Å²) in [4.78, 5) is 7.06. The van der Waals surface area contributed by atoms with Gasteiger partial charge >= 0.3 is 0 Å². The molecule has 4 nitrogen and oxygen atoms in total. The zero-order valence-corrected chi connectivity index (χ0v) is 13.0. The minimum Gasteiger partial charge on any atom is -0.462 e. The molecule has 2 heterocycles. The Hall–Kier alpha value is -1.17. The topological polar surface area (TPSA) is 49.5 Å². The predicted molar refractivity (Wildman–Crippen MR) is 84.2 cm³/mol. The van der Waals surface area contributed by atoms with E-state index in [-0.39, 0.29) is 6.61 Å². The molecule has 0 amide bonds. The van der Waals surface area contributed by atoms with E-state index in [1.165, 1.54) is 32.1 Å². The molecule has 0 bridgehead atoms. The molecule has 1 aliphatic rings. The third kappa shape index (κ3) is 3.73. The molecule has 114 valence electrons. The van der Waals surface area contributed by atoms with Crippen molar-refractivity contribution in [3.8, 4) is 10.8 Å². The highest BCUT2D eigenvalue weighted by atomic mass is 32.1. The lowest BCUT2D eigenvalue weighted by Gasteiger charge is -2.33. The standard InChI is InChI=1S/C16H22N2O2S/c19-9-8-18(14-5-2-1-3-6-14)11-13-12-21-16(17-13)15-7-4-10-20-15/h4,7,10,12,14,19H,1-3,5-6,8-9,11H2. The maximum atomic E-state index is 9.33. The van der Waals surface area contributed by atoms with Crippen molar-refractivity contribution >= 4 is 11.3 Å². The van der Waals surface area contributed by atoms with Crippen LogP contribution in [0, 0.1) is 0 Å². The molecule has 1 N–H and O–H groups in total.